The minimum absolute atomic E-state index is 0.0502. The molecule has 0 unspecified atom stereocenters. The maximum atomic E-state index is 12.8. The molecule has 0 aromatic rings. The Labute approximate surface area is 179 Å². The van der Waals surface area contributed by atoms with E-state index in [9.17, 15) is 29.8 Å². The first kappa shape index (κ1) is 21.8. The van der Waals surface area contributed by atoms with Crippen molar-refractivity contribution >= 4 is 58.2 Å². The third-order valence-corrected chi connectivity index (χ3v) is 8.21. The van der Waals surface area contributed by atoms with Crippen LogP contribution in [0.15, 0.2) is 0 Å². The van der Waals surface area contributed by atoms with Gasteiger partial charge >= 0.3 is 0 Å². The van der Waals surface area contributed by atoms with E-state index in [1.54, 1.807) is 0 Å². The van der Waals surface area contributed by atoms with Crippen molar-refractivity contribution in [1.82, 2.24) is 10.4 Å². The monoisotopic (exact) mass is 476 g/mol. The summed E-state index contributed by atoms with van der Waals surface area (Å²) >= 11 is 24.8. The van der Waals surface area contributed by atoms with Gasteiger partial charge in [0.05, 0.1) is 45.8 Å². The molecule has 1 heterocycles. The summed E-state index contributed by atoms with van der Waals surface area (Å²) < 4.78 is 0. The van der Waals surface area contributed by atoms with Gasteiger partial charge in [-0.2, -0.15) is 0 Å². The Balaban J connectivity index is 1.81. The second kappa shape index (κ2) is 8.06. The van der Waals surface area contributed by atoms with Crippen molar-refractivity contribution < 1.29 is 19.4 Å². The number of imide groups is 1. The molecule has 2 aliphatic carbocycles. The normalized spacial score (nSPS) is 43.7. The molecule has 2 amide bonds. The molecule has 2 saturated carbocycles. The SMILES string of the molecule is O=C1[C@H]2[C@H](Cl)[C@H](Cl)[C@H](Cl)[C@H](Cl)[C@@H]2C(=O)N1N[C@H]1CC[C@@H]([N+](=O)[O-])C[C@H]1[N+](=O)[O-]. The van der Waals surface area contributed by atoms with Gasteiger partial charge in [-0.3, -0.25) is 29.8 Å². The number of rotatable bonds is 4. The number of nitrogens with one attached hydrogen (secondary N) is 1. The van der Waals surface area contributed by atoms with Crippen LogP contribution in [0.3, 0.4) is 0 Å². The third kappa shape index (κ3) is 3.54. The summed E-state index contributed by atoms with van der Waals surface area (Å²) in [6.45, 7) is 0. The molecule has 0 aromatic carbocycles. The topological polar surface area (TPSA) is 136 Å². The van der Waals surface area contributed by atoms with Crippen LogP contribution in [0.2, 0.25) is 0 Å². The van der Waals surface area contributed by atoms with E-state index in [4.69, 9.17) is 46.4 Å². The first-order valence-corrected chi connectivity index (χ1v) is 10.3. The second-order valence-electron chi connectivity index (χ2n) is 7.18. The van der Waals surface area contributed by atoms with E-state index in [1.807, 2.05) is 0 Å². The van der Waals surface area contributed by atoms with Crippen molar-refractivity contribution in [3.05, 3.63) is 20.2 Å². The fourth-order valence-electron chi connectivity index (χ4n) is 4.12. The van der Waals surface area contributed by atoms with Crippen LogP contribution in [0.5, 0.6) is 0 Å². The maximum Gasteiger partial charge on any atom is 0.249 e. The number of halogens is 4. The molecule has 1 aliphatic heterocycles. The van der Waals surface area contributed by atoms with E-state index in [0.717, 1.165) is 0 Å². The molecule has 9 atom stereocenters. The van der Waals surface area contributed by atoms with Gasteiger partial charge in [0.1, 0.15) is 0 Å². The van der Waals surface area contributed by atoms with Crippen LogP contribution < -0.4 is 5.43 Å². The summed E-state index contributed by atoms with van der Waals surface area (Å²) in [5.74, 6) is -3.39. The summed E-state index contributed by atoms with van der Waals surface area (Å²) in [5.41, 5.74) is 2.60. The minimum atomic E-state index is -1.33. The van der Waals surface area contributed by atoms with E-state index in [2.05, 4.69) is 5.43 Å². The summed E-state index contributed by atoms with van der Waals surface area (Å²) in [6.07, 6.45) is -0.166. The van der Waals surface area contributed by atoms with E-state index in [0.29, 0.717) is 5.01 Å². The summed E-state index contributed by atoms with van der Waals surface area (Å²) in [5, 5.41) is 19.5. The summed E-state index contributed by atoms with van der Waals surface area (Å²) in [6, 6.07) is -3.30. The molecule has 10 nitrogen and oxygen atoms in total. The molecule has 1 saturated heterocycles. The standard InChI is InChI=1S/C14H16Cl4N4O6/c15-9-7-8(10(16)12(18)11(9)17)14(24)20(13(7)23)19-5-2-1-4(21(25)26)3-6(5)22(27)28/h4-12,19H,1-3H2/t4-,5+,6-,7-,8-,9-,10+,11-,12+/m1/s1. The summed E-state index contributed by atoms with van der Waals surface area (Å²) in [7, 11) is 0. The van der Waals surface area contributed by atoms with Crippen LogP contribution in [0.1, 0.15) is 19.3 Å². The number of carbonyl (C=O) groups excluding carboxylic acids is 2. The third-order valence-electron chi connectivity index (χ3n) is 5.65. The second-order valence-corrected chi connectivity index (χ2v) is 9.20. The van der Waals surface area contributed by atoms with Gasteiger partial charge in [-0.15, -0.1) is 46.4 Å². The number of nitro groups is 2. The Kier molecular flexibility index (Phi) is 6.26. The number of fused-ring (bicyclic) bond motifs is 1. The first-order valence-electron chi connectivity index (χ1n) is 8.53. The average molecular weight is 478 g/mol. The van der Waals surface area contributed by atoms with Gasteiger partial charge < -0.3 is 0 Å². The molecule has 3 fully saturated rings. The molecular formula is C14H16Cl4N4O6. The van der Waals surface area contributed by atoms with Crippen LogP contribution in [-0.4, -0.2) is 66.3 Å². The van der Waals surface area contributed by atoms with Gasteiger partial charge in [0, 0.05) is 16.3 Å². The van der Waals surface area contributed by atoms with Gasteiger partial charge in [0.2, 0.25) is 23.9 Å². The lowest BCUT2D eigenvalue weighted by Crippen LogP contribution is -2.57. The number of nitrogens with zero attached hydrogens (tertiary/aromatic N) is 3. The molecule has 0 bridgehead atoms. The molecule has 1 N–H and O–H groups in total. The first-order chi connectivity index (χ1) is 13.1. The van der Waals surface area contributed by atoms with Gasteiger partial charge in [-0.25, -0.2) is 10.4 Å². The molecule has 3 rings (SSSR count). The van der Waals surface area contributed by atoms with Crippen molar-refractivity contribution in [1.29, 1.82) is 0 Å². The molecule has 156 valence electrons. The Bertz CT molecular complexity index is 681. The molecule has 0 radical (unpaired) electrons. The lowest BCUT2D eigenvalue weighted by atomic mass is 9.79. The average Bonchev–Trinajstić information content (AvgIpc) is 2.89. The molecule has 0 aromatic heterocycles. The van der Waals surface area contributed by atoms with Gasteiger partial charge in [-0.05, 0) is 6.42 Å². The smallest absolute Gasteiger partial charge is 0.249 e. The predicted octanol–water partition coefficient (Wildman–Crippen LogP) is 1.38. The van der Waals surface area contributed by atoms with Crippen molar-refractivity contribution in [2.24, 2.45) is 11.8 Å². The summed E-state index contributed by atoms with van der Waals surface area (Å²) in [4.78, 5) is 46.8. The zero-order chi connectivity index (χ0) is 20.9. The van der Waals surface area contributed by atoms with Crippen LogP contribution in [0.25, 0.3) is 0 Å². The fourth-order valence-corrected chi connectivity index (χ4v) is 5.74. The zero-order valence-electron chi connectivity index (χ0n) is 14.1. The van der Waals surface area contributed by atoms with Crippen LogP contribution >= 0.6 is 46.4 Å². The van der Waals surface area contributed by atoms with Crippen LogP contribution in [0.4, 0.5) is 0 Å². The lowest BCUT2D eigenvalue weighted by molar-refractivity contribution is -0.570. The Morgan fingerprint density at radius 2 is 1.36 bits per heavy atom. The number of hydrazine groups is 1. The lowest BCUT2D eigenvalue weighted by Gasteiger charge is -2.37. The number of carbonyl (C=O) groups is 2. The van der Waals surface area contributed by atoms with Gasteiger partial charge in [0.15, 0.2) is 0 Å². The Morgan fingerprint density at radius 3 is 1.79 bits per heavy atom. The van der Waals surface area contributed by atoms with Gasteiger partial charge in [-0.1, -0.05) is 0 Å². The van der Waals surface area contributed by atoms with Crippen molar-refractivity contribution in [3.8, 4) is 0 Å². The number of hydrogen-bond donors (Lipinski definition) is 1. The van der Waals surface area contributed by atoms with Crippen molar-refractivity contribution in [3.63, 3.8) is 0 Å². The minimum Gasteiger partial charge on any atom is -0.273 e. The highest BCUT2D eigenvalue weighted by Gasteiger charge is 2.61. The predicted molar refractivity (Wildman–Crippen MR) is 99.7 cm³/mol. The largest absolute Gasteiger partial charge is 0.273 e. The highest BCUT2D eigenvalue weighted by atomic mass is 35.5. The maximum absolute atomic E-state index is 12.8. The van der Waals surface area contributed by atoms with Crippen molar-refractivity contribution in [2.75, 3.05) is 0 Å². The molecule has 3 aliphatic rings. The number of hydrogen-bond acceptors (Lipinski definition) is 7. The van der Waals surface area contributed by atoms with Gasteiger partial charge in [0.25, 0.3) is 0 Å². The van der Waals surface area contributed by atoms with E-state index >= 15 is 0 Å². The molecular weight excluding hydrogens is 462 g/mol. The van der Waals surface area contributed by atoms with E-state index in [-0.39, 0.29) is 19.3 Å². The highest BCUT2D eigenvalue weighted by Crippen LogP contribution is 2.46. The fraction of sp³-hybridized carbons (Fsp3) is 0.857. The number of alkyl halides is 4. The van der Waals surface area contributed by atoms with Crippen LogP contribution in [-0.2, 0) is 9.59 Å². The molecule has 28 heavy (non-hydrogen) atoms. The Morgan fingerprint density at radius 1 is 0.857 bits per heavy atom. The zero-order valence-corrected chi connectivity index (χ0v) is 17.1. The number of amides is 2. The van der Waals surface area contributed by atoms with Crippen LogP contribution in [0, 0.1) is 32.1 Å². The Hall–Kier alpha value is -0.940. The quantitative estimate of drug-likeness (QED) is 0.279. The molecule has 14 heteroatoms. The highest BCUT2D eigenvalue weighted by molar-refractivity contribution is 6.40. The van der Waals surface area contributed by atoms with E-state index in [1.165, 1.54) is 0 Å². The van der Waals surface area contributed by atoms with E-state index < -0.39 is 73.1 Å². The van der Waals surface area contributed by atoms with Crippen molar-refractivity contribution in [2.45, 2.75) is 58.9 Å². The molecule has 0 spiro atoms.